The predicted molar refractivity (Wildman–Crippen MR) is 88.0 cm³/mol. The zero-order valence-corrected chi connectivity index (χ0v) is 13.2. The molecule has 0 aliphatic carbocycles. The number of aromatic nitrogens is 1. The Labute approximate surface area is 130 Å². The lowest BCUT2D eigenvalue weighted by Gasteiger charge is -2.18. The molecule has 0 atom stereocenters. The highest BCUT2D eigenvalue weighted by atomic mass is 16.2. The van der Waals surface area contributed by atoms with Gasteiger partial charge in [0.25, 0.3) is 5.56 Å². The summed E-state index contributed by atoms with van der Waals surface area (Å²) in [7, 11) is 3.35. The molecule has 0 unspecified atom stereocenters. The number of carbonyl (C=O) groups is 1. The van der Waals surface area contributed by atoms with Crippen molar-refractivity contribution in [2.45, 2.75) is 19.9 Å². The van der Waals surface area contributed by atoms with E-state index in [1.807, 2.05) is 12.1 Å². The van der Waals surface area contributed by atoms with E-state index in [0.29, 0.717) is 6.54 Å². The quantitative estimate of drug-likeness (QED) is 0.943. The molecule has 22 heavy (non-hydrogen) atoms. The highest BCUT2D eigenvalue weighted by Crippen LogP contribution is 2.08. The van der Waals surface area contributed by atoms with Gasteiger partial charge in [-0.25, -0.2) is 4.79 Å². The molecule has 0 aliphatic heterocycles. The van der Waals surface area contributed by atoms with E-state index in [9.17, 15) is 9.59 Å². The molecule has 0 fully saturated rings. The number of rotatable bonds is 4. The number of amides is 2. The number of anilines is 1. The fraction of sp³-hybridized carbons (Fsp3) is 0.294. The highest BCUT2D eigenvalue weighted by molar-refractivity contribution is 5.88. The molecule has 1 aromatic heterocycles. The number of nitrogens with zero attached hydrogens (tertiary/aromatic N) is 2. The van der Waals surface area contributed by atoms with Gasteiger partial charge in [-0.15, -0.1) is 0 Å². The number of urea groups is 1. The second-order valence-corrected chi connectivity index (χ2v) is 5.29. The topological polar surface area (TPSA) is 54.3 Å². The van der Waals surface area contributed by atoms with E-state index in [2.05, 4.69) is 24.4 Å². The fourth-order valence-electron chi connectivity index (χ4n) is 2.13. The van der Waals surface area contributed by atoms with Crippen molar-refractivity contribution in [2.75, 3.05) is 12.4 Å². The lowest BCUT2D eigenvalue weighted by atomic mass is 10.1. The third-order valence-corrected chi connectivity index (χ3v) is 3.56. The Hall–Kier alpha value is -2.56. The summed E-state index contributed by atoms with van der Waals surface area (Å²) in [5.74, 6) is 0. The molecule has 1 aromatic carbocycles. The van der Waals surface area contributed by atoms with Gasteiger partial charge in [0.2, 0.25) is 0 Å². The van der Waals surface area contributed by atoms with Crippen LogP contribution in [0.2, 0.25) is 0 Å². The Bertz CT molecular complexity index is 705. The van der Waals surface area contributed by atoms with Crippen molar-refractivity contribution in [1.82, 2.24) is 9.47 Å². The SMILES string of the molecule is CCc1ccc(CN(C)C(=O)Nc2cccn(C)c2=O)cc1. The highest BCUT2D eigenvalue weighted by Gasteiger charge is 2.11. The molecule has 0 saturated carbocycles. The molecule has 0 spiro atoms. The third kappa shape index (κ3) is 3.75. The minimum Gasteiger partial charge on any atom is -0.323 e. The summed E-state index contributed by atoms with van der Waals surface area (Å²) < 4.78 is 1.43. The molecule has 5 heteroatoms. The minimum atomic E-state index is -0.303. The van der Waals surface area contributed by atoms with Crippen LogP contribution >= 0.6 is 0 Å². The number of benzene rings is 1. The second kappa shape index (κ2) is 6.93. The fourth-order valence-corrected chi connectivity index (χ4v) is 2.13. The predicted octanol–water partition coefficient (Wildman–Crippen LogP) is 2.61. The molecule has 0 radical (unpaired) electrons. The molecular formula is C17H21N3O2. The molecule has 0 saturated heterocycles. The Balaban J connectivity index is 2.02. The average molecular weight is 299 g/mol. The van der Waals surface area contributed by atoms with Gasteiger partial charge in [-0.3, -0.25) is 4.79 Å². The van der Waals surface area contributed by atoms with Gasteiger partial charge in [-0.05, 0) is 29.7 Å². The van der Waals surface area contributed by atoms with E-state index < -0.39 is 0 Å². The number of carbonyl (C=O) groups excluding carboxylic acids is 1. The molecule has 2 aromatic rings. The summed E-state index contributed by atoms with van der Waals surface area (Å²) in [6, 6.07) is 11.2. The Morgan fingerprint density at radius 3 is 2.45 bits per heavy atom. The monoisotopic (exact) mass is 299 g/mol. The van der Waals surface area contributed by atoms with Crippen LogP contribution < -0.4 is 10.9 Å². The number of hydrogen-bond donors (Lipinski definition) is 1. The van der Waals surface area contributed by atoms with Crippen molar-refractivity contribution in [3.05, 3.63) is 64.1 Å². The molecule has 2 rings (SSSR count). The first-order chi connectivity index (χ1) is 10.5. The maximum Gasteiger partial charge on any atom is 0.322 e. The molecular weight excluding hydrogens is 278 g/mol. The first-order valence-electron chi connectivity index (χ1n) is 7.27. The summed E-state index contributed by atoms with van der Waals surface area (Å²) >= 11 is 0. The van der Waals surface area contributed by atoms with Crippen molar-refractivity contribution in [2.24, 2.45) is 7.05 Å². The van der Waals surface area contributed by atoms with Crippen LogP contribution in [0.3, 0.4) is 0 Å². The molecule has 0 bridgehead atoms. The Morgan fingerprint density at radius 1 is 1.18 bits per heavy atom. The van der Waals surface area contributed by atoms with Gasteiger partial charge in [-0.2, -0.15) is 0 Å². The zero-order valence-electron chi connectivity index (χ0n) is 13.2. The number of nitrogens with one attached hydrogen (secondary N) is 1. The van der Waals surface area contributed by atoms with Crippen LogP contribution in [0.25, 0.3) is 0 Å². The summed E-state index contributed by atoms with van der Waals surface area (Å²) in [4.78, 5) is 25.6. The summed E-state index contributed by atoms with van der Waals surface area (Å²) in [5.41, 5.74) is 2.37. The standard InChI is InChI=1S/C17H21N3O2/c1-4-13-7-9-14(10-8-13)12-20(3)17(22)18-15-6-5-11-19(2)16(15)21/h5-11H,4,12H2,1-3H3,(H,18,22). The summed E-state index contributed by atoms with van der Waals surface area (Å²) in [5, 5.41) is 2.65. The van der Waals surface area contributed by atoms with Crippen LogP contribution in [0.1, 0.15) is 18.1 Å². The minimum absolute atomic E-state index is 0.225. The van der Waals surface area contributed by atoms with Gasteiger partial charge in [0.1, 0.15) is 5.69 Å². The lowest BCUT2D eigenvalue weighted by Crippen LogP contribution is -2.33. The van der Waals surface area contributed by atoms with Gasteiger partial charge in [0.05, 0.1) is 0 Å². The molecule has 1 N–H and O–H groups in total. The van der Waals surface area contributed by atoms with Crippen LogP contribution in [0, 0.1) is 0 Å². The van der Waals surface area contributed by atoms with Crippen molar-refractivity contribution in [3.63, 3.8) is 0 Å². The largest absolute Gasteiger partial charge is 0.323 e. The molecule has 2 amide bonds. The first-order valence-corrected chi connectivity index (χ1v) is 7.27. The van der Waals surface area contributed by atoms with Gasteiger partial charge in [-0.1, -0.05) is 31.2 Å². The van der Waals surface area contributed by atoms with Crippen LogP contribution in [-0.4, -0.2) is 22.5 Å². The third-order valence-electron chi connectivity index (χ3n) is 3.56. The van der Waals surface area contributed by atoms with Crippen molar-refractivity contribution in [1.29, 1.82) is 0 Å². The second-order valence-electron chi connectivity index (χ2n) is 5.29. The van der Waals surface area contributed by atoms with Crippen molar-refractivity contribution >= 4 is 11.7 Å². The van der Waals surface area contributed by atoms with E-state index in [-0.39, 0.29) is 17.3 Å². The maximum atomic E-state index is 12.2. The maximum absolute atomic E-state index is 12.2. The average Bonchev–Trinajstić information content (AvgIpc) is 2.52. The van der Waals surface area contributed by atoms with E-state index in [1.165, 1.54) is 10.1 Å². The van der Waals surface area contributed by atoms with Crippen LogP contribution in [0.5, 0.6) is 0 Å². The van der Waals surface area contributed by atoms with E-state index in [4.69, 9.17) is 0 Å². The van der Waals surface area contributed by atoms with Crippen molar-refractivity contribution < 1.29 is 4.79 Å². The number of pyridine rings is 1. The normalized spacial score (nSPS) is 10.3. The van der Waals surface area contributed by atoms with Gasteiger partial charge in [0.15, 0.2) is 0 Å². The zero-order chi connectivity index (χ0) is 16.1. The Kier molecular flexibility index (Phi) is 4.99. The first kappa shape index (κ1) is 15.8. The molecule has 0 aliphatic rings. The number of aryl methyl sites for hydroxylation is 2. The smallest absolute Gasteiger partial charge is 0.322 e. The summed E-state index contributed by atoms with van der Waals surface area (Å²) in [6.07, 6.45) is 2.64. The van der Waals surface area contributed by atoms with Crippen molar-refractivity contribution in [3.8, 4) is 0 Å². The van der Waals surface area contributed by atoms with Crippen LogP contribution in [0.15, 0.2) is 47.4 Å². The van der Waals surface area contributed by atoms with Gasteiger partial charge >= 0.3 is 6.03 Å². The van der Waals surface area contributed by atoms with Crippen LogP contribution in [-0.2, 0) is 20.0 Å². The molecule has 116 valence electrons. The van der Waals surface area contributed by atoms with Crippen LogP contribution in [0.4, 0.5) is 10.5 Å². The van der Waals surface area contributed by atoms with Gasteiger partial charge < -0.3 is 14.8 Å². The summed E-state index contributed by atoms with van der Waals surface area (Å²) in [6.45, 7) is 2.60. The van der Waals surface area contributed by atoms with E-state index >= 15 is 0 Å². The van der Waals surface area contributed by atoms with E-state index in [0.717, 1.165) is 12.0 Å². The number of hydrogen-bond acceptors (Lipinski definition) is 2. The molecule has 1 heterocycles. The van der Waals surface area contributed by atoms with E-state index in [1.54, 1.807) is 37.3 Å². The Morgan fingerprint density at radius 2 is 1.82 bits per heavy atom. The molecule has 5 nitrogen and oxygen atoms in total. The van der Waals surface area contributed by atoms with Gasteiger partial charge in [0, 0.05) is 26.8 Å². The lowest BCUT2D eigenvalue weighted by molar-refractivity contribution is 0.220.